The first kappa shape index (κ1) is 45.0. The zero-order valence-corrected chi connectivity index (χ0v) is 41.6. The summed E-state index contributed by atoms with van der Waals surface area (Å²) in [6.45, 7) is 7.03. The van der Waals surface area contributed by atoms with Crippen LogP contribution in [0.25, 0.3) is 55.6 Å². The minimum absolute atomic E-state index is 0.115. The number of anilines is 6. The van der Waals surface area contributed by atoms with Gasteiger partial charge in [-0.05, 0) is 189 Å². The van der Waals surface area contributed by atoms with Crippen molar-refractivity contribution in [1.82, 2.24) is 0 Å². The van der Waals surface area contributed by atoms with E-state index in [9.17, 15) is 0 Å². The molecule has 1 saturated carbocycles. The highest BCUT2D eigenvalue weighted by Gasteiger charge is 2.37. The normalized spacial score (nSPS) is 13.8. The third-order valence-electron chi connectivity index (χ3n) is 15.6. The zero-order valence-electron chi connectivity index (χ0n) is 41.6. The number of hydrogen-bond donors (Lipinski definition) is 0. The standard InChI is InChI=1S/C70H60N2/c1-49-20-19-31-67-69(49)62-45-44-61(46-68(62)70(67,2)3)72(59-38-32-51(33-39-59)50-21-9-4-10-22-50)60-42-36-55(37-43-60)66-48-63(52-23-11-5-12-24-52)65(47-64(66)53-25-13-6-14-26-53)54-34-40-58(41-35-54)71(56-27-15-7-16-28-56)57-29-17-8-18-30-57/h5-8,11-20,23-48,50H,4,9-10,21-22H2,1-3H3. The molecule has 350 valence electrons. The summed E-state index contributed by atoms with van der Waals surface area (Å²) in [6.07, 6.45) is 6.59. The number of fused-ring (bicyclic) bond motifs is 3. The van der Waals surface area contributed by atoms with Crippen molar-refractivity contribution < 1.29 is 0 Å². The fourth-order valence-electron chi connectivity index (χ4n) is 11.8. The molecule has 10 aromatic carbocycles. The van der Waals surface area contributed by atoms with Gasteiger partial charge in [-0.2, -0.15) is 0 Å². The van der Waals surface area contributed by atoms with Gasteiger partial charge in [-0.15, -0.1) is 0 Å². The van der Waals surface area contributed by atoms with Crippen LogP contribution in [0.15, 0.2) is 243 Å². The van der Waals surface area contributed by atoms with E-state index in [1.165, 1.54) is 121 Å². The molecule has 0 radical (unpaired) electrons. The van der Waals surface area contributed by atoms with E-state index in [0.29, 0.717) is 5.92 Å². The van der Waals surface area contributed by atoms with E-state index in [0.717, 1.165) is 22.7 Å². The van der Waals surface area contributed by atoms with Gasteiger partial charge in [0, 0.05) is 39.5 Å². The van der Waals surface area contributed by atoms with Crippen molar-refractivity contribution >= 4 is 34.1 Å². The Labute approximate surface area is 426 Å². The Morgan fingerprint density at radius 2 is 0.736 bits per heavy atom. The van der Waals surface area contributed by atoms with Crippen LogP contribution in [0.1, 0.15) is 74.1 Å². The SMILES string of the molecule is Cc1cccc2c1-c1ccc(N(c3ccc(-c4cc(-c5ccccc5)c(-c5ccc(N(c6ccccc6)c6ccccc6)cc5)cc4-c4ccccc4)cc3)c3ccc(C4CCCCC4)cc3)cc1C2(C)C. The van der Waals surface area contributed by atoms with Crippen molar-refractivity contribution in [1.29, 1.82) is 0 Å². The summed E-state index contributed by atoms with van der Waals surface area (Å²) in [6, 6.07) is 89.8. The Balaban J connectivity index is 0.972. The van der Waals surface area contributed by atoms with Gasteiger partial charge in [0.2, 0.25) is 0 Å². The second-order valence-corrected chi connectivity index (χ2v) is 20.4. The summed E-state index contributed by atoms with van der Waals surface area (Å²) in [5.74, 6) is 0.651. The molecule has 0 heterocycles. The first-order chi connectivity index (χ1) is 35.4. The summed E-state index contributed by atoms with van der Waals surface area (Å²) < 4.78 is 0. The molecule has 0 aliphatic heterocycles. The molecule has 0 atom stereocenters. The number of para-hydroxylation sites is 2. The van der Waals surface area contributed by atoms with E-state index < -0.39 is 0 Å². The number of hydrogen-bond acceptors (Lipinski definition) is 2. The summed E-state index contributed by atoms with van der Waals surface area (Å²) in [7, 11) is 0. The highest BCUT2D eigenvalue weighted by molar-refractivity contribution is 5.96. The first-order valence-electron chi connectivity index (χ1n) is 25.9. The molecule has 12 rings (SSSR count). The monoisotopic (exact) mass is 928 g/mol. The van der Waals surface area contributed by atoms with E-state index in [4.69, 9.17) is 0 Å². The first-order valence-corrected chi connectivity index (χ1v) is 25.9. The second kappa shape index (κ2) is 19.2. The minimum Gasteiger partial charge on any atom is -0.311 e. The van der Waals surface area contributed by atoms with Crippen LogP contribution in [0.4, 0.5) is 34.1 Å². The van der Waals surface area contributed by atoms with Crippen molar-refractivity contribution in [3.05, 3.63) is 265 Å². The topological polar surface area (TPSA) is 6.48 Å². The molecular formula is C70H60N2. The van der Waals surface area contributed by atoms with Crippen LogP contribution in [-0.4, -0.2) is 0 Å². The number of aryl methyl sites for hydroxylation is 1. The van der Waals surface area contributed by atoms with Gasteiger partial charge < -0.3 is 9.80 Å². The fraction of sp³-hybridized carbons (Fsp3) is 0.143. The minimum atomic E-state index is -0.115. The maximum atomic E-state index is 2.47. The van der Waals surface area contributed by atoms with Crippen molar-refractivity contribution in [3.63, 3.8) is 0 Å². The number of benzene rings is 10. The molecule has 0 N–H and O–H groups in total. The predicted molar refractivity (Wildman–Crippen MR) is 306 cm³/mol. The van der Waals surface area contributed by atoms with Gasteiger partial charge in [-0.25, -0.2) is 0 Å². The summed E-state index contributed by atoms with van der Waals surface area (Å²) >= 11 is 0. The Morgan fingerprint density at radius 3 is 1.22 bits per heavy atom. The van der Waals surface area contributed by atoms with Gasteiger partial charge in [0.05, 0.1) is 0 Å². The van der Waals surface area contributed by atoms with E-state index in [1.807, 2.05) is 0 Å². The zero-order chi connectivity index (χ0) is 48.6. The molecule has 1 fully saturated rings. The quantitative estimate of drug-likeness (QED) is 0.128. The lowest BCUT2D eigenvalue weighted by molar-refractivity contribution is 0.443. The molecular weight excluding hydrogens is 869 g/mol. The summed E-state index contributed by atoms with van der Waals surface area (Å²) in [4.78, 5) is 4.79. The molecule has 2 aliphatic carbocycles. The molecule has 0 saturated heterocycles. The van der Waals surface area contributed by atoms with E-state index >= 15 is 0 Å². The Morgan fingerprint density at radius 1 is 0.333 bits per heavy atom. The third kappa shape index (κ3) is 8.41. The predicted octanol–water partition coefficient (Wildman–Crippen LogP) is 20.0. The van der Waals surface area contributed by atoms with Gasteiger partial charge >= 0.3 is 0 Å². The summed E-state index contributed by atoms with van der Waals surface area (Å²) in [5.41, 5.74) is 24.5. The number of nitrogens with zero attached hydrogens (tertiary/aromatic N) is 2. The van der Waals surface area contributed by atoms with Crippen molar-refractivity contribution in [2.75, 3.05) is 9.80 Å². The third-order valence-corrected chi connectivity index (χ3v) is 15.6. The van der Waals surface area contributed by atoms with Crippen LogP contribution < -0.4 is 9.80 Å². The van der Waals surface area contributed by atoms with E-state index in [-0.39, 0.29) is 5.41 Å². The fourth-order valence-corrected chi connectivity index (χ4v) is 11.8. The second-order valence-electron chi connectivity index (χ2n) is 20.4. The van der Waals surface area contributed by atoms with Crippen LogP contribution in [0.2, 0.25) is 0 Å². The lowest BCUT2D eigenvalue weighted by atomic mass is 9.82. The largest absolute Gasteiger partial charge is 0.311 e. The van der Waals surface area contributed by atoms with Crippen LogP contribution >= 0.6 is 0 Å². The molecule has 2 aliphatic rings. The molecule has 0 spiro atoms. The van der Waals surface area contributed by atoms with Gasteiger partial charge in [-0.3, -0.25) is 0 Å². The van der Waals surface area contributed by atoms with Gasteiger partial charge in [-0.1, -0.05) is 191 Å². The van der Waals surface area contributed by atoms with Crippen LogP contribution in [0.5, 0.6) is 0 Å². The Hall–Kier alpha value is -8.20. The van der Waals surface area contributed by atoms with Crippen molar-refractivity contribution in [3.8, 4) is 55.6 Å². The van der Waals surface area contributed by atoms with Crippen LogP contribution in [-0.2, 0) is 5.41 Å². The summed E-state index contributed by atoms with van der Waals surface area (Å²) in [5, 5.41) is 0. The molecule has 0 unspecified atom stereocenters. The molecule has 72 heavy (non-hydrogen) atoms. The average Bonchev–Trinajstić information content (AvgIpc) is 3.68. The van der Waals surface area contributed by atoms with Crippen LogP contribution in [0.3, 0.4) is 0 Å². The Kier molecular flexibility index (Phi) is 12.0. The maximum Gasteiger partial charge on any atom is 0.0465 e. The lowest BCUT2D eigenvalue weighted by Gasteiger charge is -2.29. The van der Waals surface area contributed by atoms with Gasteiger partial charge in [0.25, 0.3) is 0 Å². The van der Waals surface area contributed by atoms with E-state index in [2.05, 4.69) is 273 Å². The molecule has 2 nitrogen and oxygen atoms in total. The van der Waals surface area contributed by atoms with Crippen molar-refractivity contribution in [2.45, 2.75) is 64.2 Å². The molecule has 0 bridgehead atoms. The van der Waals surface area contributed by atoms with Gasteiger partial charge in [0.15, 0.2) is 0 Å². The van der Waals surface area contributed by atoms with Crippen LogP contribution in [0, 0.1) is 6.92 Å². The molecule has 10 aromatic rings. The Bertz CT molecular complexity index is 3440. The lowest BCUT2D eigenvalue weighted by Crippen LogP contribution is -2.16. The molecule has 0 amide bonds. The average molecular weight is 929 g/mol. The smallest absolute Gasteiger partial charge is 0.0465 e. The maximum absolute atomic E-state index is 2.47. The van der Waals surface area contributed by atoms with E-state index in [1.54, 1.807) is 0 Å². The van der Waals surface area contributed by atoms with Gasteiger partial charge in [0.1, 0.15) is 0 Å². The number of rotatable bonds is 11. The highest BCUT2D eigenvalue weighted by atomic mass is 15.1. The highest BCUT2D eigenvalue weighted by Crippen LogP contribution is 2.52. The van der Waals surface area contributed by atoms with Crippen molar-refractivity contribution in [2.24, 2.45) is 0 Å². The molecule has 2 heteroatoms. The molecule has 0 aromatic heterocycles.